The number of aliphatic imine (C=N–C) groups is 1. The molecule has 1 aromatic heterocycles. The molecule has 0 atom stereocenters. The normalized spacial score (nSPS) is 16.6. The summed E-state index contributed by atoms with van der Waals surface area (Å²) in [6.45, 7) is 0. The van der Waals surface area contributed by atoms with Gasteiger partial charge >= 0.3 is 0 Å². The number of rotatable bonds is 5. The minimum Gasteiger partial charge on any atom is -0.493 e. The first kappa shape index (κ1) is 19.2. The van der Waals surface area contributed by atoms with E-state index < -0.39 is 0 Å². The number of benzene rings is 2. The number of hydrogen-bond donors (Lipinski definition) is 0. The lowest BCUT2D eigenvalue weighted by Crippen LogP contribution is -2.28. The van der Waals surface area contributed by atoms with Crippen LogP contribution < -0.4 is 14.4 Å². The fourth-order valence-corrected chi connectivity index (χ4v) is 4.34. The van der Waals surface area contributed by atoms with Crippen molar-refractivity contribution in [3.05, 3.63) is 70.6 Å². The number of para-hydroxylation sites is 1. The van der Waals surface area contributed by atoms with Crippen molar-refractivity contribution in [3.8, 4) is 11.5 Å². The van der Waals surface area contributed by atoms with Gasteiger partial charge in [0.15, 0.2) is 16.7 Å². The van der Waals surface area contributed by atoms with E-state index in [0.29, 0.717) is 26.7 Å². The summed E-state index contributed by atoms with van der Waals surface area (Å²) in [5.74, 6) is 1.11. The van der Waals surface area contributed by atoms with Crippen LogP contribution in [0.5, 0.6) is 11.5 Å². The second kappa shape index (κ2) is 8.50. The van der Waals surface area contributed by atoms with Gasteiger partial charge in [-0.2, -0.15) is 4.99 Å². The van der Waals surface area contributed by atoms with Gasteiger partial charge in [0.05, 0.1) is 24.8 Å². The molecular weight excluding hydrogens is 406 g/mol. The summed E-state index contributed by atoms with van der Waals surface area (Å²) in [7, 11) is 3.17. The highest BCUT2D eigenvalue weighted by Gasteiger charge is 2.35. The molecule has 4 rings (SSSR count). The number of thiazole rings is 1. The Morgan fingerprint density at radius 3 is 2.55 bits per heavy atom. The van der Waals surface area contributed by atoms with E-state index in [4.69, 9.17) is 9.47 Å². The van der Waals surface area contributed by atoms with Crippen molar-refractivity contribution in [2.24, 2.45) is 4.99 Å². The smallest absolute Gasteiger partial charge is 0.271 e. The van der Waals surface area contributed by atoms with Gasteiger partial charge in [-0.1, -0.05) is 24.3 Å². The zero-order chi connectivity index (χ0) is 20.2. The van der Waals surface area contributed by atoms with Crippen molar-refractivity contribution >= 4 is 51.1 Å². The minimum absolute atomic E-state index is 0.133. The monoisotopic (exact) mass is 423 g/mol. The molecule has 1 amide bonds. The van der Waals surface area contributed by atoms with Crippen molar-refractivity contribution in [1.82, 2.24) is 4.98 Å². The first-order chi connectivity index (χ1) is 14.2. The van der Waals surface area contributed by atoms with Gasteiger partial charge in [-0.3, -0.25) is 9.69 Å². The number of anilines is 1. The Bertz CT molecular complexity index is 1080. The van der Waals surface area contributed by atoms with Crippen molar-refractivity contribution in [3.63, 3.8) is 0 Å². The summed E-state index contributed by atoms with van der Waals surface area (Å²) in [6, 6.07) is 15.0. The van der Waals surface area contributed by atoms with Crippen LogP contribution in [-0.2, 0) is 4.79 Å². The van der Waals surface area contributed by atoms with Gasteiger partial charge in [-0.05, 0) is 47.7 Å². The number of aromatic nitrogens is 1. The second-order valence-corrected chi connectivity index (χ2v) is 7.79. The van der Waals surface area contributed by atoms with E-state index >= 15 is 0 Å². The van der Waals surface area contributed by atoms with Crippen LogP contribution in [0.4, 0.5) is 10.8 Å². The van der Waals surface area contributed by atoms with Crippen molar-refractivity contribution in [2.45, 2.75) is 0 Å². The molecule has 2 aromatic carbocycles. The topological polar surface area (TPSA) is 64.0 Å². The van der Waals surface area contributed by atoms with Crippen molar-refractivity contribution < 1.29 is 14.3 Å². The summed E-state index contributed by atoms with van der Waals surface area (Å²) >= 11 is 2.74. The molecule has 0 radical (unpaired) electrons. The third-order valence-corrected chi connectivity index (χ3v) is 5.77. The van der Waals surface area contributed by atoms with Gasteiger partial charge in [-0.15, -0.1) is 11.3 Å². The standard InChI is InChI=1S/C21H17N3O3S2/c1-26-16-9-8-14(12-17(16)27-2)13-18-19(25)24(15-6-4-3-5-7-15)21(29-18)23-20-22-10-11-28-20/h3-13H,1-2H3/b18-13-,23-21+. The molecule has 1 fully saturated rings. The molecule has 0 unspecified atom stereocenters. The maximum atomic E-state index is 13.2. The second-order valence-electron chi connectivity index (χ2n) is 5.91. The molecule has 0 N–H and O–H groups in total. The Morgan fingerprint density at radius 2 is 1.86 bits per heavy atom. The van der Waals surface area contributed by atoms with E-state index in [1.54, 1.807) is 25.3 Å². The summed E-state index contributed by atoms with van der Waals surface area (Å²) in [5.41, 5.74) is 1.60. The molecule has 1 saturated heterocycles. The molecule has 0 bridgehead atoms. The predicted molar refractivity (Wildman–Crippen MR) is 118 cm³/mol. The Hall–Kier alpha value is -3.10. The molecule has 0 spiro atoms. The molecule has 0 aliphatic carbocycles. The van der Waals surface area contributed by atoms with Crippen molar-refractivity contribution in [1.29, 1.82) is 0 Å². The highest BCUT2D eigenvalue weighted by Crippen LogP contribution is 2.38. The van der Waals surface area contributed by atoms with Crippen LogP contribution in [0.2, 0.25) is 0 Å². The summed E-state index contributed by atoms with van der Waals surface area (Å²) in [6.07, 6.45) is 3.52. The summed E-state index contributed by atoms with van der Waals surface area (Å²) < 4.78 is 10.6. The molecule has 6 nitrogen and oxygen atoms in total. The van der Waals surface area contributed by atoms with Crippen LogP contribution in [0, 0.1) is 0 Å². The van der Waals surface area contributed by atoms with E-state index in [2.05, 4.69) is 9.98 Å². The van der Waals surface area contributed by atoms with Crippen molar-refractivity contribution in [2.75, 3.05) is 19.1 Å². The van der Waals surface area contributed by atoms with E-state index in [-0.39, 0.29) is 5.91 Å². The van der Waals surface area contributed by atoms with Crippen LogP contribution in [0.25, 0.3) is 6.08 Å². The maximum Gasteiger partial charge on any atom is 0.271 e. The first-order valence-corrected chi connectivity index (χ1v) is 10.4. The van der Waals surface area contributed by atoms with E-state index in [9.17, 15) is 4.79 Å². The van der Waals surface area contributed by atoms with E-state index in [1.165, 1.54) is 23.1 Å². The SMILES string of the molecule is COc1ccc(/C=C2\S/C(=N/c3nccs3)N(c3ccccc3)C2=O)cc1OC. The van der Waals surface area contributed by atoms with Gasteiger partial charge in [0.1, 0.15) is 0 Å². The predicted octanol–water partition coefficient (Wildman–Crippen LogP) is 4.97. The maximum absolute atomic E-state index is 13.2. The Kier molecular flexibility index (Phi) is 5.64. The minimum atomic E-state index is -0.133. The molecule has 3 aromatic rings. The quantitative estimate of drug-likeness (QED) is 0.542. The van der Waals surface area contributed by atoms with Gasteiger partial charge < -0.3 is 9.47 Å². The van der Waals surface area contributed by atoms with Crippen LogP contribution in [0.1, 0.15) is 5.56 Å². The number of nitrogens with zero attached hydrogens (tertiary/aromatic N) is 3. The number of carbonyl (C=O) groups excluding carboxylic acids is 1. The fraction of sp³-hybridized carbons (Fsp3) is 0.0952. The zero-order valence-corrected chi connectivity index (χ0v) is 17.4. The third kappa shape index (κ3) is 4.03. The van der Waals surface area contributed by atoms with Gasteiger partial charge in [0.25, 0.3) is 5.91 Å². The Balaban J connectivity index is 1.74. The summed E-state index contributed by atoms with van der Waals surface area (Å²) in [5, 5.41) is 3.03. The number of methoxy groups -OCH3 is 2. The van der Waals surface area contributed by atoms with Crippen LogP contribution in [0.15, 0.2) is 70.0 Å². The largest absolute Gasteiger partial charge is 0.493 e. The lowest BCUT2D eigenvalue weighted by molar-refractivity contribution is -0.113. The number of hydrogen-bond acceptors (Lipinski definition) is 7. The highest BCUT2D eigenvalue weighted by molar-refractivity contribution is 8.19. The lowest BCUT2D eigenvalue weighted by atomic mass is 10.2. The van der Waals surface area contributed by atoms with Crippen LogP contribution in [-0.4, -0.2) is 30.3 Å². The highest BCUT2D eigenvalue weighted by atomic mass is 32.2. The zero-order valence-electron chi connectivity index (χ0n) is 15.7. The van der Waals surface area contributed by atoms with Crippen LogP contribution in [0.3, 0.4) is 0 Å². The number of ether oxygens (including phenoxy) is 2. The molecule has 8 heteroatoms. The van der Waals surface area contributed by atoms with Crippen LogP contribution >= 0.6 is 23.1 Å². The molecule has 1 aliphatic heterocycles. The Labute approximate surface area is 176 Å². The number of thioether (sulfide) groups is 1. The average molecular weight is 424 g/mol. The average Bonchev–Trinajstić information content (AvgIpc) is 3.37. The third-order valence-electron chi connectivity index (χ3n) is 4.14. The molecule has 1 aliphatic rings. The molecule has 146 valence electrons. The van der Waals surface area contributed by atoms with Gasteiger partial charge in [-0.25, -0.2) is 4.98 Å². The molecule has 0 saturated carbocycles. The number of amides is 1. The van der Waals surface area contributed by atoms with E-state index in [1.807, 2.05) is 60.0 Å². The molecule has 2 heterocycles. The number of carbonyl (C=O) groups is 1. The molecule has 29 heavy (non-hydrogen) atoms. The summed E-state index contributed by atoms with van der Waals surface area (Å²) in [4.78, 5) is 24.2. The van der Waals surface area contributed by atoms with Gasteiger partial charge in [0.2, 0.25) is 5.13 Å². The van der Waals surface area contributed by atoms with E-state index in [0.717, 1.165) is 11.3 Å². The fourth-order valence-electron chi connectivity index (χ4n) is 2.80. The Morgan fingerprint density at radius 1 is 1.07 bits per heavy atom. The van der Waals surface area contributed by atoms with Gasteiger partial charge in [0, 0.05) is 11.6 Å². The number of amidine groups is 1. The molecular formula is C21H17N3O3S2. The lowest BCUT2D eigenvalue weighted by Gasteiger charge is -2.14. The first-order valence-electron chi connectivity index (χ1n) is 8.69.